The maximum absolute atomic E-state index is 11.1. The van der Waals surface area contributed by atoms with Gasteiger partial charge in [0.2, 0.25) is 0 Å². The van der Waals surface area contributed by atoms with Gasteiger partial charge in [0.05, 0.1) is 9.95 Å². The van der Waals surface area contributed by atoms with E-state index in [9.17, 15) is 10.1 Å². The fourth-order valence-electron chi connectivity index (χ4n) is 1.57. The minimum Gasteiger partial charge on any atom is -0.274 e. The lowest BCUT2D eigenvalue weighted by molar-refractivity contribution is -0.383. The highest BCUT2D eigenvalue weighted by molar-refractivity contribution is 6.44. The molecule has 1 aromatic carbocycles. The molecule has 2 rings (SSSR count). The first-order valence-electron chi connectivity index (χ1n) is 5.14. The molecule has 0 amide bonds. The van der Waals surface area contributed by atoms with E-state index in [0.717, 1.165) is 0 Å². The van der Waals surface area contributed by atoms with Gasteiger partial charge in [-0.15, -0.1) is 0 Å². The second-order valence-electron chi connectivity index (χ2n) is 3.54. The van der Waals surface area contributed by atoms with Crippen molar-refractivity contribution in [1.29, 1.82) is 10.5 Å². The van der Waals surface area contributed by atoms with Crippen LogP contribution in [0.4, 0.5) is 17.3 Å². The van der Waals surface area contributed by atoms with Crippen molar-refractivity contribution in [1.82, 2.24) is 9.97 Å². The summed E-state index contributed by atoms with van der Waals surface area (Å²) >= 11 is 11.6. The van der Waals surface area contributed by atoms with Gasteiger partial charge in [0, 0.05) is 0 Å². The van der Waals surface area contributed by atoms with Crippen molar-refractivity contribution in [3.05, 3.63) is 26.2 Å². The Balaban J connectivity index is 2.88. The van der Waals surface area contributed by atoms with Gasteiger partial charge in [0.1, 0.15) is 10.5 Å². The molecule has 0 atom stereocenters. The van der Waals surface area contributed by atoms with Gasteiger partial charge in [0.15, 0.2) is 29.5 Å². The number of nitrogens with one attached hydrogen (secondary N) is 2. The lowest BCUT2D eigenvalue weighted by Crippen LogP contribution is -2.04. The Morgan fingerprint density at radius 2 is 1.76 bits per heavy atom. The van der Waals surface area contributed by atoms with E-state index in [-0.39, 0.29) is 32.7 Å². The molecule has 0 unspecified atom stereocenters. The van der Waals surface area contributed by atoms with Crippen LogP contribution in [-0.4, -0.2) is 14.9 Å². The fourth-order valence-corrected chi connectivity index (χ4v) is 1.98. The number of halogens is 2. The van der Waals surface area contributed by atoms with Gasteiger partial charge in [-0.1, -0.05) is 23.2 Å². The highest BCUT2D eigenvalue weighted by Gasteiger charge is 2.24. The average Bonchev–Trinajstić information content (AvgIpc) is 2.42. The lowest BCUT2D eigenvalue weighted by Gasteiger charge is -2.07. The molecule has 2 N–H and O–H groups in total. The number of nitrogens with zero attached hydrogens (tertiary/aromatic N) is 5. The van der Waals surface area contributed by atoms with E-state index in [4.69, 9.17) is 33.7 Å². The third kappa shape index (κ3) is 2.56. The van der Waals surface area contributed by atoms with Crippen molar-refractivity contribution in [2.24, 2.45) is 0 Å². The Kier molecular flexibility index (Phi) is 3.89. The predicted octanol–water partition coefficient (Wildman–Crippen LogP) is 2.63. The summed E-state index contributed by atoms with van der Waals surface area (Å²) in [4.78, 5) is 18.2. The predicted molar refractivity (Wildman–Crippen MR) is 74.7 cm³/mol. The summed E-state index contributed by atoms with van der Waals surface area (Å²) in [6.45, 7) is 0. The number of nitro benzene ring substituents is 1. The quantitative estimate of drug-likeness (QED) is 0.380. The molecule has 1 aromatic heterocycles. The molecule has 104 valence electrons. The first kappa shape index (κ1) is 14.5. The molecule has 0 saturated heterocycles. The molecule has 0 bridgehead atoms. The molecule has 0 aliphatic rings. The largest absolute Gasteiger partial charge is 0.317 e. The number of rotatable bonds is 3. The second-order valence-corrected chi connectivity index (χ2v) is 4.33. The number of benzene rings is 1. The number of nitro groups is 1. The van der Waals surface area contributed by atoms with E-state index in [1.807, 2.05) is 0 Å². The summed E-state index contributed by atoms with van der Waals surface area (Å²) in [7, 11) is 0. The van der Waals surface area contributed by atoms with Crippen molar-refractivity contribution in [2.75, 3.05) is 10.6 Å². The summed E-state index contributed by atoms with van der Waals surface area (Å²) < 4.78 is 0. The van der Waals surface area contributed by atoms with Crippen molar-refractivity contribution in [2.45, 2.75) is 0 Å². The van der Waals surface area contributed by atoms with E-state index < -0.39 is 10.6 Å². The van der Waals surface area contributed by atoms with Crippen LogP contribution in [-0.2, 0) is 0 Å². The molecule has 11 heteroatoms. The maximum Gasteiger partial charge on any atom is 0.317 e. The zero-order chi connectivity index (χ0) is 15.6. The minimum absolute atomic E-state index is 0.0531. The van der Waals surface area contributed by atoms with Gasteiger partial charge in [-0.05, 0) is 6.07 Å². The molecule has 0 radical (unpaired) electrons. The zero-order valence-corrected chi connectivity index (χ0v) is 11.4. The van der Waals surface area contributed by atoms with E-state index in [1.165, 1.54) is 6.07 Å². The molecule has 0 fully saturated rings. The van der Waals surface area contributed by atoms with Crippen molar-refractivity contribution < 1.29 is 4.92 Å². The summed E-state index contributed by atoms with van der Waals surface area (Å²) in [5.74, 6) is -0.215. The molecular formula is C10H3Cl2N7O2. The fraction of sp³-hybridized carbons (Fsp3) is 0. The van der Waals surface area contributed by atoms with Crippen LogP contribution >= 0.6 is 23.2 Å². The SMILES string of the molecule is N#CNc1nc2cc(Cl)c(Cl)c([N+](=O)[O-])c2nc1NC#N. The lowest BCUT2D eigenvalue weighted by atomic mass is 10.2. The topological polar surface area (TPSA) is 141 Å². The van der Waals surface area contributed by atoms with E-state index in [0.29, 0.717) is 0 Å². The van der Waals surface area contributed by atoms with Crippen LogP contribution in [0.2, 0.25) is 10.0 Å². The third-order valence-corrected chi connectivity index (χ3v) is 3.14. The van der Waals surface area contributed by atoms with Gasteiger partial charge in [-0.25, -0.2) is 9.97 Å². The van der Waals surface area contributed by atoms with Crippen molar-refractivity contribution >= 4 is 51.6 Å². The monoisotopic (exact) mass is 323 g/mol. The second kappa shape index (κ2) is 5.63. The number of anilines is 2. The Bertz CT molecular complexity index is 840. The zero-order valence-electron chi connectivity index (χ0n) is 9.89. The minimum atomic E-state index is -0.751. The highest BCUT2D eigenvalue weighted by Crippen LogP contribution is 2.38. The van der Waals surface area contributed by atoms with Crippen LogP contribution in [0.1, 0.15) is 0 Å². The molecule has 0 aliphatic carbocycles. The van der Waals surface area contributed by atoms with Gasteiger partial charge in [0.25, 0.3) is 0 Å². The van der Waals surface area contributed by atoms with Crippen LogP contribution in [0.3, 0.4) is 0 Å². The van der Waals surface area contributed by atoms with Crippen molar-refractivity contribution in [3.63, 3.8) is 0 Å². The first-order valence-corrected chi connectivity index (χ1v) is 5.89. The van der Waals surface area contributed by atoms with Gasteiger partial charge in [-0.2, -0.15) is 10.5 Å². The Morgan fingerprint density at radius 1 is 1.19 bits per heavy atom. The molecule has 0 saturated carbocycles. The summed E-state index contributed by atoms with van der Waals surface area (Å²) in [5, 5.41) is 32.4. The smallest absolute Gasteiger partial charge is 0.274 e. The Labute approximate surface area is 126 Å². The highest BCUT2D eigenvalue weighted by atomic mass is 35.5. The molecule has 9 nitrogen and oxygen atoms in total. The number of nitriles is 2. The van der Waals surface area contributed by atoms with Crippen LogP contribution in [0.15, 0.2) is 6.07 Å². The Hall–Kier alpha value is -2.88. The van der Waals surface area contributed by atoms with Crippen LogP contribution in [0, 0.1) is 33.0 Å². The van der Waals surface area contributed by atoms with E-state index in [2.05, 4.69) is 20.6 Å². The Morgan fingerprint density at radius 3 is 2.29 bits per heavy atom. The number of hydrogen-bond acceptors (Lipinski definition) is 8. The van der Waals surface area contributed by atoms with Crippen molar-refractivity contribution in [3.8, 4) is 12.4 Å². The average molecular weight is 324 g/mol. The molecule has 2 aromatic rings. The van der Waals surface area contributed by atoms with E-state index in [1.54, 1.807) is 12.4 Å². The molecule has 0 aliphatic heterocycles. The normalized spacial score (nSPS) is 9.71. The molecular weight excluding hydrogens is 321 g/mol. The summed E-state index contributed by atoms with van der Waals surface area (Å²) in [6, 6.07) is 1.28. The molecule has 1 heterocycles. The standard InChI is InChI=1S/C10H3Cl2N7O2/c11-4-1-5-7(8(6(4)12)19(20)21)18-10(16-3-14)9(17-5)15-2-13/h1H,(H,15,17)(H,16,18). The third-order valence-electron chi connectivity index (χ3n) is 2.36. The van der Waals surface area contributed by atoms with Gasteiger partial charge in [-0.3, -0.25) is 20.7 Å². The van der Waals surface area contributed by atoms with Crippen LogP contribution in [0.5, 0.6) is 0 Å². The number of hydrogen-bond donors (Lipinski definition) is 2. The van der Waals surface area contributed by atoms with Crippen LogP contribution < -0.4 is 10.6 Å². The number of aromatic nitrogens is 2. The first-order chi connectivity index (χ1) is 9.99. The van der Waals surface area contributed by atoms with Crippen LogP contribution in [0.25, 0.3) is 11.0 Å². The molecule has 0 spiro atoms. The summed E-state index contributed by atoms with van der Waals surface area (Å²) in [6.07, 6.45) is 3.21. The van der Waals surface area contributed by atoms with E-state index >= 15 is 0 Å². The van der Waals surface area contributed by atoms with Gasteiger partial charge >= 0.3 is 5.69 Å². The van der Waals surface area contributed by atoms with Gasteiger partial charge < -0.3 is 0 Å². The maximum atomic E-state index is 11.1. The molecule has 21 heavy (non-hydrogen) atoms. The summed E-state index contributed by atoms with van der Waals surface area (Å²) in [5.41, 5.74) is -0.635. The number of fused-ring (bicyclic) bond motifs is 1.